The highest BCUT2D eigenvalue weighted by molar-refractivity contribution is 8.13. The Hall–Kier alpha value is -1.46. The molecule has 1 aliphatic heterocycles. The lowest BCUT2D eigenvalue weighted by Gasteiger charge is -2.30. The van der Waals surface area contributed by atoms with Crippen LogP contribution in [0.1, 0.15) is 30.1 Å². The van der Waals surface area contributed by atoms with Gasteiger partial charge < -0.3 is 0 Å². The summed E-state index contributed by atoms with van der Waals surface area (Å²) in [7, 11) is -4.21. The Labute approximate surface area is 138 Å². The average molecular weight is 358 g/mol. The normalized spacial score (nSPS) is 15.6. The van der Waals surface area contributed by atoms with Gasteiger partial charge in [0.05, 0.1) is 11.3 Å². The second-order valence-electron chi connectivity index (χ2n) is 5.09. The largest absolute Gasteiger partial charge is 0.298 e. The molecule has 23 heavy (non-hydrogen) atoms. The minimum Gasteiger partial charge on any atom is -0.298 e. The number of carbonyl (C=O) groups excluding carboxylic acids is 2. The molecule has 1 aliphatic rings. The molecule has 126 valence electrons. The Morgan fingerprint density at radius 2 is 1.96 bits per heavy atom. The molecule has 0 bridgehead atoms. The van der Waals surface area contributed by atoms with Crippen LogP contribution in [0.4, 0.5) is 5.69 Å². The summed E-state index contributed by atoms with van der Waals surface area (Å²) in [6, 6.07) is 2.95. The van der Waals surface area contributed by atoms with E-state index in [1.165, 1.54) is 24.2 Å². The fourth-order valence-electron chi connectivity index (χ4n) is 2.48. The summed E-state index contributed by atoms with van der Waals surface area (Å²) in [4.78, 5) is 22.6. The zero-order valence-corrected chi connectivity index (χ0v) is 14.2. The minimum atomic E-state index is -4.21. The Morgan fingerprint density at radius 3 is 2.43 bits per heavy atom. The van der Waals surface area contributed by atoms with Crippen molar-refractivity contribution in [1.82, 2.24) is 5.01 Å². The second-order valence-corrected chi connectivity index (χ2v) is 7.80. The standard InChI is InChI=1S/C13H18N4O4S2/c1-9(19)22-12-5-4-11(17(14)16-6-2-3-7-16)10(8-18)13(12)23(15,20)21/h4-5,8H,2-3,6-7,14H2,1H3,(H2,15,20,21). The molecule has 0 amide bonds. The number of nitrogens with two attached hydrogens (primary N) is 2. The summed E-state index contributed by atoms with van der Waals surface area (Å²) >= 11 is 0.704. The van der Waals surface area contributed by atoms with Gasteiger partial charge in [0.1, 0.15) is 4.90 Å². The van der Waals surface area contributed by atoms with Crippen molar-refractivity contribution < 1.29 is 18.0 Å². The van der Waals surface area contributed by atoms with E-state index in [-0.39, 0.29) is 26.2 Å². The van der Waals surface area contributed by atoms with Gasteiger partial charge in [-0.3, -0.25) is 9.59 Å². The molecule has 8 nitrogen and oxygen atoms in total. The van der Waals surface area contributed by atoms with Crippen LogP contribution in [0.5, 0.6) is 0 Å². The lowest BCUT2D eigenvalue weighted by molar-refractivity contribution is -0.109. The molecular weight excluding hydrogens is 340 g/mol. The molecule has 1 fully saturated rings. The summed E-state index contributed by atoms with van der Waals surface area (Å²) in [5, 5.41) is 8.02. The number of hydrogen-bond acceptors (Lipinski definition) is 8. The van der Waals surface area contributed by atoms with Crippen LogP contribution < -0.4 is 16.1 Å². The molecule has 1 heterocycles. The van der Waals surface area contributed by atoms with Crippen molar-refractivity contribution in [1.29, 1.82) is 0 Å². The maximum atomic E-state index is 11.9. The topological polar surface area (TPSA) is 127 Å². The molecular formula is C13H18N4O4S2. The quantitative estimate of drug-likeness (QED) is 0.337. The van der Waals surface area contributed by atoms with E-state index in [1.54, 1.807) is 0 Å². The molecule has 4 N–H and O–H groups in total. The van der Waals surface area contributed by atoms with Gasteiger partial charge in [0.15, 0.2) is 11.4 Å². The van der Waals surface area contributed by atoms with Crippen molar-refractivity contribution in [2.45, 2.75) is 29.6 Å². The number of rotatable bonds is 5. The molecule has 1 aromatic rings. The number of nitrogens with zero attached hydrogens (tertiary/aromatic N) is 2. The van der Waals surface area contributed by atoms with Crippen LogP contribution in [0.2, 0.25) is 0 Å². The minimum absolute atomic E-state index is 0.112. The summed E-state index contributed by atoms with van der Waals surface area (Å²) in [5.41, 5.74) is 0.0898. The molecule has 0 aliphatic carbocycles. The van der Waals surface area contributed by atoms with E-state index in [1.807, 2.05) is 5.01 Å². The fraction of sp³-hybridized carbons (Fsp3) is 0.385. The van der Waals surface area contributed by atoms with Gasteiger partial charge in [-0.2, -0.15) is 0 Å². The van der Waals surface area contributed by atoms with Crippen LogP contribution in [0.3, 0.4) is 0 Å². The predicted molar refractivity (Wildman–Crippen MR) is 87.2 cm³/mol. The van der Waals surface area contributed by atoms with E-state index < -0.39 is 10.0 Å². The molecule has 1 aromatic carbocycles. The van der Waals surface area contributed by atoms with Gasteiger partial charge >= 0.3 is 0 Å². The zero-order valence-electron chi connectivity index (χ0n) is 12.6. The van der Waals surface area contributed by atoms with Gasteiger partial charge in [-0.1, -0.05) is 11.8 Å². The van der Waals surface area contributed by atoms with Crippen molar-refractivity contribution >= 4 is 38.9 Å². The van der Waals surface area contributed by atoms with Gasteiger partial charge in [-0.05, 0) is 25.0 Å². The summed E-state index contributed by atoms with van der Waals surface area (Å²) in [6.07, 6.45) is 2.32. The number of thioether (sulfide) groups is 1. The summed E-state index contributed by atoms with van der Waals surface area (Å²) < 4.78 is 23.9. The van der Waals surface area contributed by atoms with E-state index in [4.69, 9.17) is 11.0 Å². The number of sulfonamides is 1. The lowest BCUT2D eigenvalue weighted by atomic mass is 10.2. The summed E-state index contributed by atoms with van der Waals surface area (Å²) in [5.74, 6) is 6.03. The first kappa shape index (κ1) is 17.9. The maximum Gasteiger partial charge on any atom is 0.239 e. The van der Waals surface area contributed by atoms with Crippen LogP contribution in [0.15, 0.2) is 21.9 Å². The van der Waals surface area contributed by atoms with Gasteiger partial charge in [0, 0.05) is 24.9 Å². The second kappa shape index (κ2) is 6.97. The third kappa shape index (κ3) is 3.90. The number of carbonyl (C=O) groups is 2. The number of hydrazine groups is 2. The Kier molecular flexibility index (Phi) is 5.42. The Morgan fingerprint density at radius 1 is 1.35 bits per heavy atom. The molecule has 0 spiro atoms. The molecule has 0 atom stereocenters. The highest BCUT2D eigenvalue weighted by atomic mass is 32.2. The van der Waals surface area contributed by atoms with Crippen LogP contribution in [-0.2, 0) is 14.8 Å². The van der Waals surface area contributed by atoms with E-state index in [9.17, 15) is 18.0 Å². The van der Waals surface area contributed by atoms with Crippen molar-refractivity contribution in [3.63, 3.8) is 0 Å². The lowest BCUT2D eigenvalue weighted by Crippen LogP contribution is -2.46. The van der Waals surface area contributed by atoms with Crippen LogP contribution >= 0.6 is 11.8 Å². The van der Waals surface area contributed by atoms with E-state index in [2.05, 4.69) is 0 Å². The SMILES string of the molecule is CC(=O)Sc1ccc(N(N)N2CCCC2)c(C=O)c1S(N)(=O)=O. The van der Waals surface area contributed by atoms with E-state index >= 15 is 0 Å². The van der Waals surface area contributed by atoms with Gasteiger partial charge in [-0.15, -0.1) is 0 Å². The van der Waals surface area contributed by atoms with Gasteiger partial charge in [-0.25, -0.2) is 29.5 Å². The van der Waals surface area contributed by atoms with E-state index in [0.717, 1.165) is 12.8 Å². The maximum absolute atomic E-state index is 11.9. The van der Waals surface area contributed by atoms with Gasteiger partial charge in [0.2, 0.25) is 10.0 Å². The first-order valence-corrected chi connectivity index (χ1v) is 9.25. The van der Waals surface area contributed by atoms with Gasteiger partial charge in [0.25, 0.3) is 0 Å². The van der Waals surface area contributed by atoms with Crippen molar-refractivity contribution in [3.8, 4) is 0 Å². The van der Waals surface area contributed by atoms with Crippen molar-refractivity contribution in [2.24, 2.45) is 11.0 Å². The monoisotopic (exact) mass is 358 g/mol. The zero-order chi connectivity index (χ0) is 17.2. The third-order valence-electron chi connectivity index (χ3n) is 3.43. The van der Waals surface area contributed by atoms with E-state index in [0.29, 0.717) is 31.1 Å². The smallest absolute Gasteiger partial charge is 0.239 e. The Balaban J connectivity index is 2.61. The third-order valence-corrected chi connectivity index (χ3v) is 5.41. The number of aldehydes is 1. The number of anilines is 1. The molecule has 0 unspecified atom stereocenters. The summed E-state index contributed by atoms with van der Waals surface area (Å²) in [6.45, 7) is 2.72. The highest BCUT2D eigenvalue weighted by Gasteiger charge is 2.27. The van der Waals surface area contributed by atoms with Crippen molar-refractivity contribution in [3.05, 3.63) is 17.7 Å². The van der Waals surface area contributed by atoms with Crippen LogP contribution in [-0.4, -0.2) is 37.9 Å². The highest BCUT2D eigenvalue weighted by Crippen LogP contribution is 2.34. The molecule has 0 radical (unpaired) electrons. The molecule has 10 heteroatoms. The molecule has 0 aromatic heterocycles. The average Bonchev–Trinajstić information content (AvgIpc) is 2.98. The Bertz CT molecular complexity index is 730. The van der Waals surface area contributed by atoms with Crippen LogP contribution in [0.25, 0.3) is 0 Å². The molecule has 2 rings (SSSR count). The first-order valence-electron chi connectivity index (χ1n) is 6.88. The molecule has 0 saturated carbocycles. The number of hydrogen-bond donors (Lipinski definition) is 2. The van der Waals surface area contributed by atoms with Crippen LogP contribution in [0, 0.1) is 0 Å². The first-order chi connectivity index (χ1) is 10.8. The molecule has 1 saturated heterocycles. The fourth-order valence-corrected chi connectivity index (χ4v) is 4.41. The van der Waals surface area contributed by atoms with Crippen molar-refractivity contribution in [2.75, 3.05) is 18.2 Å². The predicted octanol–water partition coefficient (Wildman–Crippen LogP) is 0.476. The number of benzene rings is 1. The number of primary sulfonamides is 1.